The second kappa shape index (κ2) is 10.4. The summed E-state index contributed by atoms with van der Waals surface area (Å²) in [6, 6.07) is 13.9. The first-order chi connectivity index (χ1) is 14.9. The number of non-ortho nitro benzene ring substituents is 1. The summed E-state index contributed by atoms with van der Waals surface area (Å²) in [4.78, 5) is 38.3. The van der Waals surface area contributed by atoms with Gasteiger partial charge in [-0.3, -0.25) is 19.7 Å². The van der Waals surface area contributed by atoms with Crippen molar-refractivity contribution in [2.45, 2.75) is 13.3 Å². The van der Waals surface area contributed by atoms with Gasteiger partial charge in [0.25, 0.3) is 11.6 Å². The fourth-order valence-corrected chi connectivity index (χ4v) is 3.27. The minimum Gasteiger partial charge on any atom is -0.493 e. The molecule has 0 bridgehead atoms. The van der Waals surface area contributed by atoms with Gasteiger partial charge in [-0.2, -0.15) is 0 Å². The normalized spacial score (nSPS) is 13.6. The second-order valence-electron chi connectivity index (χ2n) is 7.17. The SMILES string of the molecule is Cc1ccccc1OCCC(=O)OCC(=O)N1CCN(c2ccc([N+](=O)[O-])cc2)CC1. The van der Waals surface area contributed by atoms with E-state index in [1.807, 2.05) is 31.2 Å². The molecule has 0 saturated carbocycles. The number of anilines is 1. The molecule has 0 unspecified atom stereocenters. The third-order valence-electron chi connectivity index (χ3n) is 5.07. The average molecular weight is 427 g/mol. The Morgan fingerprint density at radius 2 is 1.71 bits per heavy atom. The Hall–Kier alpha value is -3.62. The molecule has 9 nitrogen and oxygen atoms in total. The maximum absolute atomic E-state index is 12.3. The van der Waals surface area contributed by atoms with Crippen LogP contribution in [0.5, 0.6) is 5.75 Å². The van der Waals surface area contributed by atoms with Crippen molar-refractivity contribution in [1.29, 1.82) is 0 Å². The number of piperazine rings is 1. The number of nitro benzene ring substituents is 1. The highest BCUT2D eigenvalue weighted by atomic mass is 16.6. The molecule has 31 heavy (non-hydrogen) atoms. The van der Waals surface area contributed by atoms with Crippen molar-refractivity contribution in [3.63, 3.8) is 0 Å². The molecule has 1 aliphatic heterocycles. The third kappa shape index (κ3) is 6.18. The fraction of sp³-hybridized carbons (Fsp3) is 0.364. The van der Waals surface area contributed by atoms with E-state index >= 15 is 0 Å². The number of carbonyl (C=O) groups excluding carboxylic acids is 2. The van der Waals surface area contributed by atoms with E-state index in [1.165, 1.54) is 12.1 Å². The summed E-state index contributed by atoms with van der Waals surface area (Å²) in [5, 5.41) is 10.8. The zero-order chi connectivity index (χ0) is 22.2. The van der Waals surface area contributed by atoms with Gasteiger partial charge in [0.05, 0.1) is 18.0 Å². The number of nitro groups is 1. The van der Waals surface area contributed by atoms with E-state index in [9.17, 15) is 19.7 Å². The van der Waals surface area contributed by atoms with Crippen LogP contribution < -0.4 is 9.64 Å². The van der Waals surface area contributed by atoms with Gasteiger partial charge in [0.2, 0.25) is 0 Å². The lowest BCUT2D eigenvalue weighted by molar-refractivity contribution is -0.384. The number of carbonyl (C=O) groups is 2. The second-order valence-corrected chi connectivity index (χ2v) is 7.17. The molecule has 0 aliphatic carbocycles. The topological polar surface area (TPSA) is 102 Å². The van der Waals surface area contributed by atoms with E-state index in [0.717, 1.165) is 17.0 Å². The minimum absolute atomic E-state index is 0.0451. The first-order valence-corrected chi connectivity index (χ1v) is 10.1. The lowest BCUT2D eigenvalue weighted by Crippen LogP contribution is -2.49. The number of esters is 1. The molecule has 0 radical (unpaired) electrons. The van der Waals surface area contributed by atoms with Crippen molar-refractivity contribution in [3.8, 4) is 5.75 Å². The largest absolute Gasteiger partial charge is 0.493 e. The van der Waals surface area contributed by atoms with E-state index in [4.69, 9.17) is 9.47 Å². The van der Waals surface area contributed by atoms with Crippen molar-refractivity contribution in [2.24, 2.45) is 0 Å². The molecule has 3 rings (SSSR count). The number of amides is 1. The number of aryl methyl sites for hydroxylation is 1. The van der Waals surface area contributed by atoms with Gasteiger partial charge >= 0.3 is 5.97 Å². The predicted molar refractivity (Wildman–Crippen MR) is 114 cm³/mol. The van der Waals surface area contributed by atoms with Crippen LogP contribution >= 0.6 is 0 Å². The average Bonchev–Trinajstić information content (AvgIpc) is 2.79. The lowest BCUT2D eigenvalue weighted by Gasteiger charge is -2.36. The Kier molecular flexibility index (Phi) is 7.42. The van der Waals surface area contributed by atoms with Crippen molar-refractivity contribution < 1.29 is 24.0 Å². The Morgan fingerprint density at radius 1 is 1.03 bits per heavy atom. The molecule has 1 aliphatic rings. The van der Waals surface area contributed by atoms with Crippen LogP contribution in [-0.2, 0) is 14.3 Å². The molecule has 1 amide bonds. The quantitative estimate of drug-likeness (QED) is 0.362. The zero-order valence-electron chi connectivity index (χ0n) is 17.4. The molecule has 0 N–H and O–H groups in total. The summed E-state index contributed by atoms with van der Waals surface area (Å²) in [6.45, 7) is 4.00. The Morgan fingerprint density at radius 3 is 2.35 bits per heavy atom. The van der Waals surface area contributed by atoms with Gasteiger partial charge < -0.3 is 19.3 Å². The monoisotopic (exact) mass is 427 g/mol. The Balaban J connectivity index is 1.36. The number of ether oxygens (including phenoxy) is 2. The first kappa shape index (κ1) is 22.1. The van der Waals surface area contributed by atoms with Crippen molar-refractivity contribution in [3.05, 3.63) is 64.2 Å². The summed E-state index contributed by atoms with van der Waals surface area (Å²) in [7, 11) is 0. The highest BCUT2D eigenvalue weighted by Gasteiger charge is 2.22. The molecule has 1 saturated heterocycles. The standard InChI is InChI=1S/C22H25N3O6/c1-17-4-2-3-5-20(17)30-15-10-22(27)31-16-21(26)24-13-11-23(12-14-24)18-6-8-19(9-7-18)25(28)29/h2-9H,10-16H2,1H3. The number of rotatable bonds is 8. The smallest absolute Gasteiger partial charge is 0.309 e. The van der Waals surface area contributed by atoms with E-state index in [-0.39, 0.29) is 31.2 Å². The molecule has 164 valence electrons. The van der Waals surface area contributed by atoms with Gasteiger partial charge in [-0.1, -0.05) is 18.2 Å². The summed E-state index contributed by atoms with van der Waals surface area (Å²) < 4.78 is 10.7. The van der Waals surface area contributed by atoms with E-state index in [2.05, 4.69) is 4.90 Å². The van der Waals surface area contributed by atoms with Gasteiger partial charge in [-0.05, 0) is 30.7 Å². The van der Waals surface area contributed by atoms with Crippen LogP contribution in [0.1, 0.15) is 12.0 Å². The van der Waals surface area contributed by atoms with Gasteiger partial charge in [0, 0.05) is 44.0 Å². The fourth-order valence-electron chi connectivity index (χ4n) is 3.27. The molecule has 1 heterocycles. The first-order valence-electron chi connectivity index (χ1n) is 10.1. The van der Waals surface area contributed by atoms with E-state index < -0.39 is 10.9 Å². The van der Waals surface area contributed by atoms with Crippen LogP contribution in [0.25, 0.3) is 0 Å². The van der Waals surface area contributed by atoms with E-state index in [1.54, 1.807) is 17.0 Å². The molecular weight excluding hydrogens is 402 g/mol. The van der Waals surface area contributed by atoms with Crippen molar-refractivity contribution in [1.82, 2.24) is 4.90 Å². The van der Waals surface area contributed by atoms with Crippen LogP contribution in [-0.4, -0.2) is 61.1 Å². The van der Waals surface area contributed by atoms with Crippen LogP contribution in [0.2, 0.25) is 0 Å². The van der Waals surface area contributed by atoms with Gasteiger partial charge in [-0.25, -0.2) is 0 Å². The summed E-state index contributed by atoms with van der Waals surface area (Å²) in [5.41, 5.74) is 1.90. The maximum Gasteiger partial charge on any atom is 0.309 e. The molecule has 9 heteroatoms. The van der Waals surface area contributed by atoms with Crippen LogP contribution in [0.15, 0.2) is 48.5 Å². The number of hydrogen-bond donors (Lipinski definition) is 0. The number of para-hydroxylation sites is 1. The highest BCUT2D eigenvalue weighted by molar-refractivity contribution is 5.81. The van der Waals surface area contributed by atoms with Gasteiger partial charge in [0.15, 0.2) is 6.61 Å². The minimum atomic E-state index is -0.480. The van der Waals surface area contributed by atoms with Gasteiger partial charge in [-0.15, -0.1) is 0 Å². The van der Waals surface area contributed by atoms with Gasteiger partial charge in [0.1, 0.15) is 5.75 Å². The van der Waals surface area contributed by atoms with Crippen LogP contribution in [0, 0.1) is 17.0 Å². The van der Waals surface area contributed by atoms with Crippen LogP contribution in [0.3, 0.4) is 0 Å². The molecule has 0 aromatic heterocycles. The zero-order valence-corrected chi connectivity index (χ0v) is 17.4. The van der Waals surface area contributed by atoms with Crippen LogP contribution in [0.4, 0.5) is 11.4 Å². The maximum atomic E-state index is 12.3. The molecule has 0 atom stereocenters. The van der Waals surface area contributed by atoms with Crippen molar-refractivity contribution in [2.75, 3.05) is 44.3 Å². The Labute approximate surface area is 180 Å². The molecule has 2 aromatic rings. The summed E-state index contributed by atoms with van der Waals surface area (Å²) in [5.74, 6) is 0.000222. The molecule has 1 fully saturated rings. The van der Waals surface area contributed by atoms with E-state index in [0.29, 0.717) is 26.2 Å². The number of hydrogen-bond acceptors (Lipinski definition) is 7. The van der Waals surface area contributed by atoms with Crippen molar-refractivity contribution >= 4 is 23.3 Å². The Bertz CT molecular complexity index is 923. The third-order valence-corrected chi connectivity index (χ3v) is 5.07. The molecule has 2 aromatic carbocycles. The molecule has 0 spiro atoms. The molecular formula is C22H25N3O6. The lowest BCUT2D eigenvalue weighted by atomic mass is 10.2. The predicted octanol–water partition coefficient (Wildman–Crippen LogP) is 2.56. The number of nitrogens with zero attached hydrogens (tertiary/aromatic N) is 3. The summed E-state index contributed by atoms with van der Waals surface area (Å²) in [6.07, 6.45) is 0.0650. The summed E-state index contributed by atoms with van der Waals surface area (Å²) >= 11 is 0. The highest BCUT2D eigenvalue weighted by Crippen LogP contribution is 2.20. The number of benzene rings is 2.